The zero-order valence-electron chi connectivity index (χ0n) is 15.3. The van der Waals surface area contributed by atoms with Gasteiger partial charge in [0, 0.05) is 11.7 Å². The molecule has 136 valence electrons. The van der Waals surface area contributed by atoms with Gasteiger partial charge in [0.05, 0.1) is 12.0 Å². The number of carbonyl (C=O) groups is 1. The maximum Gasteiger partial charge on any atom is 0.234 e. The number of rotatable bonds is 6. The molecule has 0 spiro atoms. The van der Waals surface area contributed by atoms with E-state index >= 15 is 0 Å². The van der Waals surface area contributed by atoms with Crippen LogP contribution in [0.25, 0.3) is 11.6 Å². The molecule has 26 heavy (non-hydrogen) atoms. The van der Waals surface area contributed by atoms with E-state index in [0.29, 0.717) is 16.7 Å². The first-order chi connectivity index (χ1) is 12.5. The standard InChI is InChI=1S/C19H22N4O2S/c1-12(2)23-18(16-6-5-9-25-16)21-22-19(23)26-11-17(24)20-15-10-13(3)7-8-14(15)4/h5-10,12H,11H2,1-4H3,(H,20,24). The van der Waals surface area contributed by atoms with Gasteiger partial charge in [-0.2, -0.15) is 0 Å². The molecule has 0 saturated heterocycles. The van der Waals surface area contributed by atoms with Crippen LogP contribution < -0.4 is 5.32 Å². The van der Waals surface area contributed by atoms with Gasteiger partial charge in [-0.25, -0.2) is 0 Å². The Kier molecular flexibility index (Phi) is 5.46. The molecule has 6 nitrogen and oxygen atoms in total. The second-order valence-corrected chi connectivity index (χ2v) is 7.34. The highest BCUT2D eigenvalue weighted by molar-refractivity contribution is 7.99. The Morgan fingerprint density at radius 2 is 2.08 bits per heavy atom. The summed E-state index contributed by atoms with van der Waals surface area (Å²) in [7, 11) is 0. The minimum Gasteiger partial charge on any atom is -0.461 e. The van der Waals surface area contributed by atoms with Gasteiger partial charge in [-0.05, 0) is 57.0 Å². The quantitative estimate of drug-likeness (QED) is 0.648. The molecule has 0 aliphatic carbocycles. The minimum absolute atomic E-state index is 0.0680. The van der Waals surface area contributed by atoms with Gasteiger partial charge in [0.25, 0.3) is 0 Å². The number of nitrogens with zero attached hydrogens (tertiary/aromatic N) is 3. The van der Waals surface area contributed by atoms with Gasteiger partial charge in [-0.1, -0.05) is 23.9 Å². The normalized spacial score (nSPS) is 11.1. The van der Waals surface area contributed by atoms with E-state index in [4.69, 9.17) is 4.42 Å². The van der Waals surface area contributed by atoms with Crippen LogP contribution in [0.15, 0.2) is 46.2 Å². The molecule has 0 aliphatic heterocycles. The summed E-state index contributed by atoms with van der Waals surface area (Å²) in [4.78, 5) is 12.4. The molecule has 1 N–H and O–H groups in total. The highest BCUT2D eigenvalue weighted by Gasteiger charge is 2.19. The van der Waals surface area contributed by atoms with Crippen LogP contribution in [0.2, 0.25) is 0 Å². The monoisotopic (exact) mass is 370 g/mol. The molecular formula is C19H22N4O2S. The van der Waals surface area contributed by atoms with Crippen LogP contribution >= 0.6 is 11.8 Å². The molecule has 2 heterocycles. The predicted molar refractivity (Wildman–Crippen MR) is 103 cm³/mol. The topological polar surface area (TPSA) is 73.0 Å². The van der Waals surface area contributed by atoms with E-state index < -0.39 is 0 Å². The van der Waals surface area contributed by atoms with Crippen molar-refractivity contribution >= 4 is 23.4 Å². The number of furan rings is 1. The third kappa shape index (κ3) is 3.99. The Morgan fingerprint density at radius 1 is 1.27 bits per heavy atom. The van der Waals surface area contributed by atoms with Gasteiger partial charge in [0.15, 0.2) is 10.9 Å². The van der Waals surface area contributed by atoms with Gasteiger partial charge in [-0.3, -0.25) is 9.36 Å². The Hall–Kier alpha value is -2.54. The summed E-state index contributed by atoms with van der Waals surface area (Å²) < 4.78 is 7.42. The molecule has 2 aromatic heterocycles. The van der Waals surface area contributed by atoms with E-state index in [0.717, 1.165) is 16.8 Å². The van der Waals surface area contributed by atoms with Crippen molar-refractivity contribution in [3.63, 3.8) is 0 Å². The number of carbonyl (C=O) groups excluding carboxylic acids is 1. The lowest BCUT2D eigenvalue weighted by molar-refractivity contribution is -0.113. The molecule has 0 aliphatic rings. The zero-order chi connectivity index (χ0) is 18.7. The number of thioether (sulfide) groups is 1. The Morgan fingerprint density at radius 3 is 2.77 bits per heavy atom. The molecule has 0 bridgehead atoms. The molecule has 0 unspecified atom stereocenters. The predicted octanol–water partition coefficient (Wildman–Crippen LogP) is 4.47. The molecule has 1 aromatic carbocycles. The van der Waals surface area contributed by atoms with Crippen LogP contribution in [0.1, 0.15) is 31.0 Å². The minimum atomic E-state index is -0.0680. The lowest BCUT2D eigenvalue weighted by atomic mass is 10.1. The highest BCUT2D eigenvalue weighted by atomic mass is 32.2. The van der Waals surface area contributed by atoms with Crippen molar-refractivity contribution in [3.05, 3.63) is 47.7 Å². The average molecular weight is 370 g/mol. The SMILES string of the molecule is Cc1ccc(C)c(NC(=O)CSc2nnc(-c3ccco3)n2C(C)C)c1. The Bertz CT molecular complexity index is 900. The Labute approximate surface area is 157 Å². The first-order valence-electron chi connectivity index (χ1n) is 8.44. The molecule has 0 atom stereocenters. The molecule has 7 heteroatoms. The van der Waals surface area contributed by atoms with Crippen molar-refractivity contribution in [3.8, 4) is 11.6 Å². The number of anilines is 1. The average Bonchev–Trinajstić information content (AvgIpc) is 3.25. The zero-order valence-corrected chi connectivity index (χ0v) is 16.1. The number of aryl methyl sites for hydroxylation is 2. The number of amides is 1. The number of aromatic nitrogens is 3. The number of benzene rings is 1. The summed E-state index contributed by atoms with van der Waals surface area (Å²) in [5, 5.41) is 12.1. The first kappa shape index (κ1) is 18.3. The molecule has 0 fully saturated rings. The van der Waals surface area contributed by atoms with Crippen LogP contribution in [-0.4, -0.2) is 26.4 Å². The van der Waals surface area contributed by atoms with E-state index in [1.54, 1.807) is 6.26 Å². The highest BCUT2D eigenvalue weighted by Crippen LogP contribution is 2.28. The van der Waals surface area contributed by atoms with Gasteiger partial charge in [0.2, 0.25) is 11.7 Å². The smallest absolute Gasteiger partial charge is 0.234 e. The van der Waals surface area contributed by atoms with Crippen LogP contribution in [0.5, 0.6) is 0 Å². The fourth-order valence-corrected chi connectivity index (χ4v) is 3.47. The van der Waals surface area contributed by atoms with Crippen molar-refractivity contribution in [2.45, 2.75) is 38.9 Å². The summed E-state index contributed by atoms with van der Waals surface area (Å²) in [5.74, 6) is 1.53. The summed E-state index contributed by atoms with van der Waals surface area (Å²) in [6.07, 6.45) is 1.61. The van der Waals surface area contributed by atoms with Gasteiger partial charge in [-0.15, -0.1) is 10.2 Å². The molecule has 1 amide bonds. The van der Waals surface area contributed by atoms with E-state index in [2.05, 4.69) is 29.4 Å². The lowest BCUT2D eigenvalue weighted by Gasteiger charge is -2.13. The van der Waals surface area contributed by atoms with Crippen LogP contribution in [0.3, 0.4) is 0 Å². The van der Waals surface area contributed by atoms with Crippen molar-refractivity contribution in [1.82, 2.24) is 14.8 Å². The summed E-state index contributed by atoms with van der Waals surface area (Å²) in [6, 6.07) is 9.83. The van der Waals surface area contributed by atoms with Crippen LogP contribution in [0.4, 0.5) is 5.69 Å². The molecule has 3 aromatic rings. The lowest BCUT2D eigenvalue weighted by Crippen LogP contribution is -2.15. The van der Waals surface area contributed by atoms with Crippen LogP contribution in [0, 0.1) is 13.8 Å². The van der Waals surface area contributed by atoms with E-state index in [1.807, 2.05) is 48.7 Å². The van der Waals surface area contributed by atoms with Gasteiger partial charge < -0.3 is 9.73 Å². The third-order valence-corrected chi connectivity index (χ3v) is 4.87. The molecule has 0 radical (unpaired) electrons. The summed E-state index contributed by atoms with van der Waals surface area (Å²) in [6.45, 7) is 8.09. The van der Waals surface area contributed by atoms with Crippen molar-refractivity contribution < 1.29 is 9.21 Å². The van der Waals surface area contributed by atoms with E-state index in [9.17, 15) is 4.79 Å². The van der Waals surface area contributed by atoms with Gasteiger partial charge >= 0.3 is 0 Å². The number of hydrogen-bond donors (Lipinski definition) is 1. The van der Waals surface area contributed by atoms with E-state index in [1.165, 1.54) is 11.8 Å². The van der Waals surface area contributed by atoms with Crippen molar-refractivity contribution in [2.75, 3.05) is 11.1 Å². The summed E-state index contributed by atoms with van der Waals surface area (Å²) in [5.41, 5.74) is 3.00. The Balaban J connectivity index is 1.71. The molecule has 3 rings (SSSR count). The maximum absolute atomic E-state index is 12.4. The largest absolute Gasteiger partial charge is 0.461 e. The van der Waals surface area contributed by atoms with Crippen molar-refractivity contribution in [2.24, 2.45) is 0 Å². The maximum atomic E-state index is 12.4. The van der Waals surface area contributed by atoms with E-state index in [-0.39, 0.29) is 17.7 Å². The fraction of sp³-hybridized carbons (Fsp3) is 0.316. The molecular weight excluding hydrogens is 348 g/mol. The van der Waals surface area contributed by atoms with Crippen LogP contribution in [-0.2, 0) is 4.79 Å². The third-order valence-electron chi connectivity index (χ3n) is 3.92. The number of hydrogen-bond acceptors (Lipinski definition) is 5. The van der Waals surface area contributed by atoms with Crippen molar-refractivity contribution in [1.29, 1.82) is 0 Å². The van der Waals surface area contributed by atoms with Gasteiger partial charge in [0.1, 0.15) is 0 Å². The summed E-state index contributed by atoms with van der Waals surface area (Å²) >= 11 is 1.37. The molecule has 0 saturated carbocycles. The second kappa shape index (κ2) is 7.78. The fourth-order valence-electron chi connectivity index (χ4n) is 2.60. The second-order valence-electron chi connectivity index (χ2n) is 6.40. The first-order valence-corrected chi connectivity index (χ1v) is 9.43. The number of nitrogens with one attached hydrogen (secondary N) is 1.